The smallest absolute Gasteiger partial charge is 0.326 e. The van der Waals surface area contributed by atoms with Crippen molar-refractivity contribution in [2.45, 2.75) is 242 Å². The van der Waals surface area contributed by atoms with Gasteiger partial charge in [0, 0.05) is 68.8 Å². The molecule has 0 saturated carbocycles. The number of rotatable bonds is 41. The van der Waals surface area contributed by atoms with Gasteiger partial charge in [0.1, 0.15) is 78.3 Å². The molecular formula is C76H111N19O21. The van der Waals surface area contributed by atoms with Crippen molar-refractivity contribution < 1.29 is 102 Å². The van der Waals surface area contributed by atoms with Crippen LogP contribution < -0.4 is 76.5 Å². The van der Waals surface area contributed by atoms with Crippen LogP contribution in [0.1, 0.15) is 161 Å². The maximum atomic E-state index is 16.2. The molecule has 40 nitrogen and oxygen atoms in total. The Morgan fingerprint density at radius 3 is 1.84 bits per heavy atom. The number of hydrogen-bond donors (Lipinski definition) is 19. The van der Waals surface area contributed by atoms with E-state index < -0.39 is 224 Å². The van der Waals surface area contributed by atoms with Gasteiger partial charge in [-0.25, -0.2) is 4.79 Å². The van der Waals surface area contributed by atoms with Crippen LogP contribution in [0.2, 0.25) is 0 Å². The molecule has 4 heterocycles. The summed E-state index contributed by atoms with van der Waals surface area (Å²) in [5.74, 6) is -20.4. The van der Waals surface area contributed by atoms with Crippen molar-refractivity contribution in [1.82, 2.24) is 67.5 Å². The Labute approximate surface area is 669 Å². The van der Waals surface area contributed by atoms with E-state index in [1.165, 1.54) is 36.1 Å². The number of carbonyl (C=O) groups excluding carboxylic acids is 14. The first-order valence-corrected chi connectivity index (χ1v) is 38.9. The average Bonchev–Trinajstić information content (AvgIpc) is 1.50. The highest BCUT2D eigenvalue weighted by Crippen LogP contribution is 2.28. The zero-order valence-electron chi connectivity index (χ0n) is 65.7. The molecule has 14 amide bonds. The number of fused-ring (bicyclic) bond motifs is 2. The Balaban J connectivity index is 1.41. The number of unbranched alkanes of at least 4 members (excludes halogenated alkanes) is 1. The number of hydrogen-bond acceptors (Lipinski definition) is 21. The lowest BCUT2D eigenvalue weighted by atomic mass is 9.99. The van der Waals surface area contributed by atoms with Crippen molar-refractivity contribution in [2.75, 3.05) is 26.2 Å². The first kappa shape index (κ1) is 93.0. The Morgan fingerprint density at radius 1 is 0.603 bits per heavy atom. The van der Waals surface area contributed by atoms with Gasteiger partial charge in [-0.15, -0.1) is 0 Å². The molecule has 0 unspecified atom stereocenters. The first-order valence-electron chi connectivity index (χ1n) is 38.9. The second-order valence-electron chi connectivity index (χ2n) is 30.2. The molecule has 3 aliphatic heterocycles. The van der Waals surface area contributed by atoms with E-state index in [1.54, 1.807) is 58.2 Å². The van der Waals surface area contributed by atoms with Crippen LogP contribution >= 0.6 is 0 Å². The van der Waals surface area contributed by atoms with Crippen LogP contribution in [0.4, 0.5) is 0 Å². The fourth-order valence-electron chi connectivity index (χ4n) is 14.0. The molecule has 0 aliphatic carbocycles. The summed E-state index contributed by atoms with van der Waals surface area (Å²) in [5.41, 5.74) is 30.4. The zero-order chi connectivity index (χ0) is 85.8. The molecule has 2 aromatic carbocycles. The number of aliphatic imine (C=N–C) groups is 1. The summed E-state index contributed by atoms with van der Waals surface area (Å²) in [6.45, 7) is 7.71. The molecule has 0 radical (unpaired) electrons. The fourth-order valence-corrected chi connectivity index (χ4v) is 14.0. The van der Waals surface area contributed by atoms with Gasteiger partial charge >= 0.3 is 17.9 Å². The van der Waals surface area contributed by atoms with Gasteiger partial charge in [-0.3, -0.25) is 86.6 Å². The van der Waals surface area contributed by atoms with Crippen LogP contribution in [-0.4, -0.2) is 251 Å². The third-order valence-corrected chi connectivity index (χ3v) is 20.0. The number of imide groups is 1. The molecule has 116 heavy (non-hydrogen) atoms. The van der Waals surface area contributed by atoms with Gasteiger partial charge in [0.2, 0.25) is 70.9 Å². The van der Waals surface area contributed by atoms with Crippen LogP contribution in [0.15, 0.2) is 59.7 Å². The molecule has 40 heteroatoms. The predicted octanol–water partition coefficient (Wildman–Crippen LogP) is -3.17. The van der Waals surface area contributed by atoms with E-state index >= 15 is 24.0 Å². The lowest BCUT2D eigenvalue weighted by Crippen LogP contribution is -2.64. The summed E-state index contributed by atoms with van der Waals surface area (Å²) in [7, 11) is 0. The second kappa shape index (κ2) is 44.7. The maximum Gasteiger partial charge on any atom is 0.326 e. The number of carbonyl (C=O) groups is 17. The number of aliphatic carboxylic acids is 3. The molecule has 0 spiro atoms. The minimum absolute atomic E-state index is 0.00251. The third kappa shape index (κ3) is 28.0. The number of phenols is 1. The normalized spacial score (nSPS) is 19.9. The number of likely N-dealkylation sites (tertiary alicyclic amines) is 1. The molecule has 636 valence electrons. The molecular weight excluding hydrogens is 1510 g/mol. The standard InChI is InChI=1S/C76H111N19O21/c1-39(2)33-51(89-63(103)46(78)23-27-61(99)100)65(105)90-52(35-42-19-21-44(96)22-20-42)66(106)86-48(25-28-62(101)102)64(104)91-54(37-59(79)97)68(108)87-49(15-8-9-29-77)72(112)94-32-12-18-58(94)74(114)95-57(16-10-30-82-76(80)81)70(110)84-41(5)71(111)93-31-11-17-56(93)69(109)92-53(36-43-38-83-47-14-7-6-13-45(43)47)67(107)88-50(73(95)113)24-26-60(98)85-55(75(115)116)34-40(3)4/h6-7,13-14,19-22,38-41,46,48-58,83,96H,8-12,15-18,23-37,77-78H2,1-5H3,(H2,79,97)(H,84,110)(H,85,98)(H,86,106)(H,87,108)(H,88,107)(H,89,103)(H,90,105)(H,91,104)(H,92,109)(H,99,100)(H,101,102)(H,115,116)(H4,80,81,82)/t41-,46-,48-,49-,50-,51-,52-,53-,54-,55-,56-,57+,58-/m0/s1. The third-order valence-electron chi connectivity index (χ3n) is 20.0. The Morgan fingerprint density at radius 2 is 1.20 bits per heavy atom. The summed E-state index contributed by atoms with van der Waals surface area (Å²) in [6.07, 6.45) is -4.40. The Hall–Kier alpha value is -11.8. The van der Waals surface area contributed by atoms with Gasteiger partial charge in [-0.05, 0) is 145 Å². The van der Waals surface area contributed by atoms with E-state index in [2.05, 4.69) is 57.8 Å². The number of carboxylic acids is 3. The van der Waals surface area contributed by atoms with E-state index in [0.717, 1.165) is 4.90 Å². The number of guanidine groups is 1. The Kier molecular flexibility index (Phi) is 35.9. The minimum atomic E-state index is -2.05. The van der Waals surface area contributed by atoms with Crippen LogP contribution in [0, 0.1) is 11.8 Å². The minimum Gasteiger partial charge on any atom is -0.508 e. The average molecular weight is 1630 g/mol. The van der Waals surface area contributed by atoms with Gasteiger partial charge in [-0.1, -0.05) is 58.0 Å². The number of nitrogens with two attached hydrogens (primary N) is 5. The lowest BCUT2D eigenvalue weighted by Gasteiger charge is -2.37. The van der Waals surface area contributed by atoms with Crippen LogP contribution in [0.5, 0.6) is 5.75 Å². The van der Waals surface area contributed by atoms with Crippen molar-refractivity contribution in [3.63, 3.8) is 0 Å². The van der Waals surface area contributed by atoms with Crippen molar-refractivity contribution in [2.24, 2.45) is 45.5 Å². The number of H-pyrrole nitrogens is 1. The largest absolute Gasteiger partial charge is 0.508 e. The van der Waals surface area contributed by atoms with Gasteiger partial charge in [0.25, 0.3) is 11.8 Å². The van der Waals surface area contributed by atoms with Crippen LogP contribution in [0.25, 0.3) is 10.9 Å². The maximum absolute atomic E-state index is 16.2. The number of nitrogens with one attached hydrogen (secondary N) is 10. The van der Waals surface area contributed by atoms with E-state index in [4.69, 9.17) is 28.7 Å². The molecule has 3 saturated heterocycles. The number of benzene rings is 2. The second-order valence-corrected chi connectivity index (χ2v) is 30.2. The molecule has 24 N–H and O–H groups in total. The predicted molar refractivity (Wildman–Crippen MR) is 416 cm³/mol. The fraction of sp³-hybridized carbons (Fsp3) is 0.579. The number of phenolic OH excluding ortho intramolecular Hbond substituents is 1. The molecule has 3 fully saturated rings. The zero-order valence-corrected chi connectivity index (χ0v) is 65.7. The number of nitrogens with zero attached hydrogens (tertiary/aromatic N) is 4. The Bertz CT molecular complexity index is 4070. The van der Waals surface area contributed by atoms with E-state index in [1.807, 2.05) is 0 Å². The number of amides is 14. The SMILES string of the molecule is CC(C)C[C@H](NC(=O)CC[C@@H]1NC(=O)[C@H](Cc2c[nH]c3ccccc23)NC(=O)[C@@H]2CCCN2C(=O)[C@H](C)NC(=O)[C@@H](CCCN=C(N)N)N(C(=O)[C@@H]2CCCN2C(=O)[C@H](CCCCN)NC(=O)[C@H](CC(N)=O)NC(=O)[C@H](CCC(=O)O)NC(=O)[C@H](Cc2ccc(O)cc2)NC(=O)[C@H](CC(C)C)NC(=O)[C@@H](N)CCC(=O)O)C1=O)C(=O)O. The lowest BCUT2D eigenvalue weighted by molar-refractivity contribution is -0.159. The number of carboxylic acid groups (broad SMARTS) is 3. The van der Waals surface area contributed by atoms with Crippen molar-refractivity contribution >= 4 is 117 Å². The van der Waals surface area contributed by atoms with Crippen LogP contribution in [-0.2, 0) is 94.3 Å². The topological polar surface area (TPSA) is 647 Å². The molecule has 6 rings (SSSR count). The number of aromatic amines is 1. The summed E-state index contributed by atoms with van der Waals surface area (Å²) in [5, 5.41) is 62.7. The number of aromatic hydroxyl groups is 1. The molecule has 3 aliphatic rings. The number of para-hydroxylation sites is 1. The molecule has 0 bridgehead atoms. The van der Waals surface area contributed by atoms with Gasteiger partial charge < -0.3 is 112 Å². The molecule has 1 aromatic heterocycles. The van der Waals surface area contributed by atoms with Crippen LogP contribution in [0.3, 0.4) is 0 Å². The number of primary amides is 1. The summed E-state index contributed by atoms with van der Waals surface area (Å²) in [4.78, 5) is 252. The highest BCUT2D eigenvalue weighted by Gasteiger charge is 2.48. The van der Waals surface area contributed by atoms with Gasteiger partial charge in [-0.2, -0.15) is 0 Å². The summed E-state index contributed by atoms with van der Waals surface area (Å²) in [6, 6.07) is -9.22. The summed E-state index contributed by atoms with van der Waals surface area (Å²) >= 11 is 0. The van der Waals surface area contributed by atoms with E-state index in [0.29, 0.717) is 33.4 Å². The number of aromatic nitrogens is 1. The molecule has 13 atom stereocenters. The van der Waals surface area contributed by atoms with E-state index in [9.17, 15) is 78.0 Å². The monoisotopic (exact) mass is 1630 g/mol. The van der Waals surface area contributed by atoms with Crippen molar-refractivity contribution in [3.05, 3.63) is 65.9 Å². The first-order chi connectivity index (χ1) is 54.9. The van der Waals surface area contributed by atoms with Crippen molar-refractivity contribution in [1.29, 1.82) is 0 Å². The van der Waals surface area contributed by atoms with Gasteiger partial charge in [0.05, 0.1) is 12.5 Å². The highest BCUT2D eigenvalue weighted by atomic mass is 16.4. The van der Waals surface area contributed by atoms with Crippen molar-refractivity contribution in [3.8, 4) is 5.75 Å². The summed E-state index contributed by atoms with van der Waals surface area (Å²) < 4.78 is 0. The quantitative estimate of drug-likeness (QED) is 0.0115. The highest BCUT2D eigenvalue weighted by molar-refractivity contribution is 6.08. The molecule has 3 aromatic rings. The van der Waals surface area contributed by atoms with Gasteiger partial charge in [0.15, 0.2) is 5.96 Å². The van der Waals surface area contributed by atoms with E-state index in [-0.39, 0.29) is 127 Å².